The molecule has 0 radical (unpaired) electrons. The van der Waals surface area contributed by atoms with Crippen LogP contribution in [0.4, 0.5) is 14.4 Å². The number of amides is 8. The Hall–Kier alpha value is -9.65. The molecule has 1 aliphatic heterocycles. The van der Waals surface area contributed by atoms with E-state index in [1.165, 1.54) is 11.0 Å². The molecule has 5 rings (SSSR count). The first-order chi connectivity index (χ1) is 44.9. The van der Waals surface area contributed by atoms with Crippen molar-refractivity contribution in [2.45, 2.75) is 180 Å². The van der Waals surface area contributed by atoms with Crippen LogP contribution in [0.1, 0.15) is 131 Å². The molecule has 7 N–H and O–H groups in total. The van der Waals surface area contributed by atoms with Gasteiger partial charge in [0.1, 0.15) is 48.3 Å². The Bertz CT molecular complexity index is 3310. The van der Waals surface area contributed by atoms with E-state index in [9.17, 15) is 47.9 Å². The predicted octanol–water partition coefficient (Wildman–Crippen LogP) is 9.29. The third-order valence-electron chi connectivity index (χ3n) is 15.3. The molecule has 0 bridgehead atoms. The highest BCUT2D eigenvalue weighted by Crippen LogP contribution is 2.43. The number of ether oxygens (including phenoxy) is 4. The van der Waals surface area contributed by atoms with Gasteiger partial charge in [-0.1, -0.05) is 145 Å². The summed E-state index contributed by atoms with van der Waals surface area (Å²) < 4.78 is 28.6. The van der Waals surface area contributed by atoms with E-state index in [0.717, 1.165) is 11.0 Å². The molecular formula is C70H93N9O15Si. The lowest BCUT2D eigenvalue weighted by molar-refractivity contribution is -0.148. The number of rotatable bonds is 30. The lowest BCUT2D eigenvalue weighted by atomic mass is 10.0. The Morgan fingerprint density at radius 3 is 1.77 bits per heavy atom. The standard InChI is InChI=1S/C70H93N9O15Si/c1-46(2)95(47(3)4,48(5)6)94-54-35-32-50(33-36-54)40-53(34-37-59(81)92-69(7,8)9)74-61(83)56(41-49-24-16-13-17-25-49)76-63(85)60(82)55(75-62(84)58-31-23-38-78(58)64(86)57(73-45-80)42-72-66(87)93-70(10,11)12)30-22-39-79(68(89)91-44-52-28-20-15-21-29-52)65(71)77-67(88)90-43-51-26-18-14-19-27-51/h13-21,24-29,32-37,40,45-48,55-58H,22-23,30-31,38-39,41-44H2,1-12H3,(H,72,87)(H,73,80)(H,74,83)(H,75,84)(H,76,85)(H2,71,77,88)/b37-34+,53-40+/t55-,56+,57-,58-/m0/s1. The molecule has 4 aromatic carbocycles. The number of hydrogen-bond donors (Lipinski definition) is 7. The van der Waals surface area contributed by atoms with Crippen LogP contribution in [0, 0.1) is 5.41 Å². The van der Waals surface area contributed by atoms with Crippen LogP contribution in [0.25, 0.3) is 6.08 Å². The summed E-state index contributed by atoms with van der Waals surface area (Å²) in [6.45, 7) is 21.8. The average Bonchev–Trinajstić information content (AvgIpc) is 1.23. The summed E-state index contributed by atoms with van der Waals surface area (Å²) in [5.41, 5.74) is 1.63. The number of allylic oxidation sites excluding steroid dienone is 1. The smallest absolute Gasteiger partial charge is 0.416 e. The predicted molar refractivity (Wildman–Crippen MR) is 360 cm³/mol. The minimum Gasteiger partial charge on any atom is -0.543 e. The van der Waals surface area contributed by atoms with Crippen LogP contribution in [0.15, 0.2) is 133 Å². The summed E-state index contributed by atoms with van der Waals surface area (Å²) in [6.07, 6.45) is 0.778. The van der Waals surface area contributed by atoms with Gasteiger partial charge in [-0.15, -0.1) is 0 Å². The minimum atomic E-state index is -2.34. The number of ketones is 1. The maximum Gasteiger partial charge on any atom is 0.416 e. The van der Waals surface area contributed by atoms with Gasteiger partial charge in [0.25, 0.3) is 14.2 Å². The number of guanidine groups is 1. The van der Waals surface area contributed by atoms with Gasteiger partial charge in [0.05, 0.1) is 12.6 Å². The number of nitrogens with zero attached hydrogens (tertiary/aromatic N) is 2. The summed E-state index contributed by atoms with van der Waals surface area (Å²) in [5.74, 6) is -5.90. The van der Waals surface area contributed by atoms with Crippen molar-refractivity contribution in [1.82, 2.24) is 41.7 Å². The number of benzene rings is 4. The maximum absolute atomic E-state index is 14.9. The highest BCUT2D eigenvalue weighted by molar-refractivity contribution is 6.78. The second-order valence-corrected chi connectivity index (χ2v) is 31.2. The number of nitrogens with one attached hydrogen (secondary N) is 7. The van der Waals surface area contributed by atoms with Crippen molar-refractivity contribution in [3.8, 4) is 5.75 Å². The largest absolute Gasteiger partial charge is 0.543 e. The highest BCUT2D eigenvalue weighted by Gasteiger charge is 2.47. The molecular weight excluding hydrogens is 1230 g/mol. The number of carbonyl (C=O) groups is 10. The van der Waals surface area contributed by atoms with Crippen LogP contribution in [0.2, 0.25) is 16.6 Å². The molecule has 0 aromatic heterocycles. The van der Waals surface area contributed by atoms with E-state index in [2.05, 4.69) is 73.4 Å². The number of esters is 1. The second kappa shape index (κ2) is 36.1. The molecule has 1 fully saturated rings. The first kappa shape index (κ1) is 76.1. The molecule has 1 saturated heterocycles. The normalized spacial score (nSPS) is 14.4. The van der Waals surface area contributed by atoms with Crippen molar-refractivity contribution in [2.75, 3.05) is 19.6 Å². The van der Waals surface area contributed by atoms with E-state index in [-0.39, 0.29) is 57.5 Å². The Morgan fingerprint density at radius 2 is 1.22 bits per heavy atom. The van der Waals surface area contributed by atoms with Crippen LogP contribution < -0.4 is 36.3 Å². The van der Waals surface area contributed by atoms with Gasteiger partial charge in [0.15, 0.2) is 0 Å². The molecule has 0 spiro atoms. The van der Waals surface area contributed by atoms with Gasteiger partial charge in [0.2, 0.25) is 35.9 Å². The molecule has 4 atom stereocenters. The number of carbonyl (C=O) groups excluding carboxylic acids is 10. The van der Waals surface area contributed by atoms with Gasteiger partial charge in [-0.25, -0.2) is 24.1 Å². The molecule has 512 valence electrons. The maximum atomic E-state index is 14.9. The van der Waals surface area contributed by atoms with E-state index < -0.39 is 123 Å². The Kier molecular flexibility index (Phi) is 28.9. The molecule has 0 saturated carbocycles. The van der Waals surface area contributed by atoms with Gasteiger partial charge < -0.3 is 54.9 Å². The van der Waals surface area contributed by atoms with Crippen molar-refractivity contribution in [1.29, 1.82) is 5.41 Å². The lowest BCUT2D eigenvalue weighted by Crippen LogP contribution is -2.58. The highest BCUT2D eigenvalue weighted by atomic mass is 28.4. The van der Waals surface area contributed by atoms with Crippen LogP contribution >= 0.6 is 0 Å². The van der Waals surface area contributed by atoms with E-state index in [1.807, 2.05) is 12.1 Å². The fourth-order valence-corrected chi connectivity index (χ4v) is 16.2. The monoisotopic (exact) mass is 1330 g/mol. The summed E-state index contributed by atoms with van der Waals surface area (Å²) in [5, 5.41) is 24.0. The van der Waals surface area contributed by atoms with Gasteiger partial charge in [-0.05, 0) is 130 Å². The fraction of sp³-hybridized carbons (Fsp3) is 0.443. The summed E-state index contributed by atoms with van der Waals surface area (Å²) in [4.78, 5) is 140. The van der Waals surface area contributed by atoms with Crippen LogP contribution in [0.3, 0.4) is 0 Å². The second-order valence-electron chi connectivity index (χ2n) is 25.9. The van der Waals surface area contributed by atoms with Gasteiger partial charge in [-0.3, -0.25) is 39.5 Å². The number of likely N-dealkylation sites (tertiary alicyclic amines) is 1. The van der Waals surface area contributed by atoms with E-state index >= 15 is 0 Å². The number of Topliss-reactive ketones (excluding diaryl/α,β-unsaturated/α-hetero) is 1. The minimum absolute atomic E-state index is 0.0127. The van der Waals surface area contributed by atoms with Gasteiger partial charge in [-0.2, -0.15) is 0 Å². The first-order valence-electron chi connectivity index (χ1n) is 31.8. The van der Waals surface area contributed by atoms with E-state index in [0.29, 0.717) is 44.6 Å². The van der Waals surface area contributed by atoms with Crippen molar-refractivity contribution >= 4 is 80.4 Å². The molecule has 0 unspecified atom stereocenters. The number of alkyl carbamates (subject to hydrolysis) is 2. The Morgan fingerprint density at radius 1 is 0.663 bits per heavy atom. The molecule has 4 aromatic rings. The zero-order valence-electron chi connectivity index (χ0n) is 56.4. The fourth-order valence-electron chi connectivity index (χ4n) is 11.0. The van der Waals surface area contributed by atoms with Gasteiger partial charge in [0, 0.05) is 31.3 Å². The SMILES string of the molecule is CC(C)[Si](Oc1ccc(/C=C(\C=C\C(=O)OC(C)(C)C)NC(=O)[C@@H](Cc2ccccc2)NC(=O)C(=O)[C@H](CCCN(C(=N)NC(=O)OCc2ccccc2)C(=O)OCc2ccccc2)NC(=O)[C@@H]2CCCN2C(=O)[C@H](CNC(=O)OC(C)(C)C)NC=O)cc1)(C(C)C)C(C)C. The molecule has 24 nitrogen and oxygen atoms in total. The third kappa shape index (κ3) is 24.6. The number of hydrogen-bond acceptors (Lipinski definition) is 16. The Labute approximate surface area is 557 Å². The van der Waals surface area contributed by atoms with Crippen molar-refractivity contribution in [3.63, 3.8) is 0 Å². The van der Waals surface area contributed by atoms with Crippen molar-refractivity contribution < 1.29 is 71.3 Å². The molecule has 25 heteroatoms. The molecule has 1 heterocycles. The molecule has 0 aliphatic carbocycles. The zero-order valence-corrected chi connectivity index (χ0v) is 57.4. The summed E-state index contributed by atoms with van der Waals surface area (Å²) in [6, 6.07) is 27.3. The molecule has 1 aliphatic rings. The zero-order chi connectivity index (χ0) is 70.0. The Balaban J connectivity index is 1.50. The quantitative estimate of drug-likeness (QED) is 0.00294. The topological polar surface area (TPSA) is 319 Å². The van der Waals surface area contributed by atoms with Gasteiger partial charge >= 0.3 is 24.2 Å². The van der Waals surface area contributed by atoms with Crippen LogP contribution in [-0.2, 0) is 72.1 Å². The van der Waals surface area contributed by atoms with Crippen molar-refractivity contribution in [2.24, 2.45) is 0 Å². The van der Waals surface area contributed by atoms with E-state index in [4.69, 9.17) is 28.8 Å². The molecule has 95 heavy (non-hydrogen) atoms. The van der Waals surface area contributed by atoms with Crippen LogP contribution in [-0.4, -0.2) is 139 Å². The molecule has 8 amide bonds. The van der Waals surface area contributed by atoms with Crippen molar-refractivity contribution in [3.05, 3.63) is 155 Å². The summed E-state index contributed by atoms with van der Waals surface area (Å²) >= 11 is 0. The van der Waals surface area contributed by atoms with E-state index in [1.54, 1.807) is 151 Å². The third-order valence-corrected chi connectivity index (χ3v) is 21.3. The first-order valence-corrected chi connectivity index (χ1v) is 34.0. The summed E-state index contributed by atoms with van der Waals surface area (Å²) in [7, 11) is -2.34. The average molecular weight is 1330 g/mol. The van der Waals surface area contributed by atoms with Crippen LogP contribution in [0.5, 0.6) is 5.75 Å². The lowest BCUT2D eigenvalue weighted by Gasteiger charge is -2.42.